The third-order valence-electron chi connectivity index (χ3n) is 3.35. The van der Waals surface area contributed by atoms with Crippen LogP contribution >= 0.6 is 11.8 Å². The van der Waals surface area contributed by atoms with Crippen molar-refractivity contribution in [2.45, 2.75) is 19.8 Å². The van der Waals surface area contributed by atoms with Gasteiger partial charge in [-0.25, -0.2) is 0 Å². The Morgan fingerprint density at radius 2 is 2.17 bits per heavy atom. The number of hydrogen-bond acceptors (Lipinski definition) is 4. The Labute approximate surface area is 111 Å². The fraction of sp³-hybridized carbons (Fsp3) is 0.538. The second-order valence-corrected chi connectivity index (χ2v) is 5.92. The molecule has 98 valence electrons. The zero-order valence-electron chi connectivity index (χ0n) is 10.5. The number of nitro groups is 1. The summed E-state index contributed by atoms with van der Waals surface area (Å²) in [6.07, 6.45) is 2.48. The highest BCUT2D eigenvalue weighted by molar-refractivity contribution is 7.99. The molecular formula is C13H18N2O2S. The molecule has 0 atom stereocenters. The van der Waals surface area contributed by atoms with E-state index in [1.54, 1.807) is 18.2 Å². The van der Waals surface area contributed by atoms with Crippen LogP contribution in [0.15, 0.2) is 18.2 Å². The lowest BCUT2D eigenvalue weighted by Gasteiger charge is -2.22. The van der Waals surface area contributed by atoms with Gasteiger partial charge in [-0.15, -0.1) is 0 Å². The summed E-state index contributed by atoms with van der Waals surface area (Å²) in [7, 11) is 0. The van der Waals surface area contributed by atoms with E-state index in [4.69, 9.17) is 0 Å². The number of anilines is 1. The molecule has 2 rings (SSSR count). The molecule has 1 heterocycles. The molecule has 1 aliphatic rings. The molecule has 0 aromatic heterocycles. The quantitative estimate of drug-likeness (QED) is 0.670. The molecule has 1 aliphatic heterocycles. The standard InChI is InChI=1S/C13H18N2O2S/c1-10-2-3-12(15(16)17)8-13(10)14-9-11-4-6-18-7-5-11/h2-3,8,11,14H,4-7,9H2,1H3. The van der Waals surface area contributed by atoms with Crippen LogP contribution in [0.2, 0.25) is 0 Å². The fourth-order valence-corrected chi connectivity index (χ4v) is 3.32. The van der Waals surface area contributed by atoms with Gasteiger partial charge in [-0.1, -0.05) is 6.07 Å². The summed E-state index contributed by atoms with van der Waals surface area (Å²) in [5.74, 6) is 3.17. The summed E-state index contributed by atoms with van der Waals surface area (Å²) >= 11 is 2.01. The molecule has 0 unspecified atom stereocenters. The van der Waals surface area contributed by atoms with Gasteiger partial charge in [0, 0.05) is 24.4 Å². The van der Waals surface area contributed by atoms with Crippen LogP contribution < -0.4 is 5.32 Å². The van der Waals surface area contributed by atoms with Crippen molar-refractivity contribution in [2.24, 2.45) is 5.92 Å². The molecular weight excluding hydrogens is 248 g/mol. The Bertz CT molecular complexity index is 431. The first-order chi connectivity index (χ1) is 8.66. The highest BCUT2D eigenvalue weighted by atomic mass is 32.2. The lowest BCUT2D eigenvalue weighted by Crippen LogP contribution is -2.19. The van der Waals surface area contributed by atoms with Gasteiger partial charge in [0.1, 0.15) is 0 Å². The minimum absolute atomic E-state index is 0.155. The monoisotopic (exact) mass is 266 g/mol. The van der Waals surface area contributed by atoms with Gasteiger partial charge in [-0.05, 0) is 42.8 Å². The van der Waals surface area contributed by atoms with E-state index in [1.807, 2.05) is 18.7 Å². The number of rotatable bonds is 4. The number of non-ortho nitro benzene ring substituents is 1. The van der Waals surface area contributed by atoms with Gasteiger partial charge < -0.3 is 5.32 Å². The van der Waals surface area contributed by atoms with Gasteiger partial charge >= 0.3 is 0 Å². The summed E-state index contributed by atoms with van der Waals surface area (Å²) in [4.78, 5) is 10.4. The molecule has 0 amide bonds. The van der Waals surface area contributed by atoms with Crippen molar-refractivity contribution in [2.75, 3.05) is 23.4 Å². The van der Waals surface area contributed by atoms with Crippen LogP contribution in [0.5, 0.6) is 0 Å². The van der Waals surface area contributed by atoms with E-state index in [2.05, 4.69) is 5.32 Å². The first kappa shape index (κ1) is 13.2. The zero-order chi connectivity index (χ0) is 13.0. The summed E-state index contributed by atoms with van der Waals surface area (Å²) in [5.41, 5.74) is 2.11. The minimum atomic E-state index is -0.345. The van der Waals surface area contributed by atoms with E-state index in [0.29, 0.717) is 5.92 Å². The number of hydrogen-bond donors (Lipinski definition) is 1. The highest BCUT2D eigenvalue weighted by Gasteiger charge is 2.14. The molecule has 1 aromatic rings. The predicted molar refractivity (Wildman–Crippen MR) is 76.4 cm³/mol. The third-order valence-corrected chi connectivity index (χ3v) is 4.40. The molecule has 18 heavy (non-hydrogen) atoms. The van der Waals surface area contributed by atoms with Gasteiger partial charge in [-0.3, -0.25) is 10.1 Å². The molecule has 4 nitrogen and oxygen atoms in total. The van der Waals surface area contributed by atoms with Gasteiger partial charge in [0.15, 0.2) is 0 Å². The summed E-state index contributed by atoms with van der Waals surface area (Å²) in [6.45, 7) is 2.89. The second kappa shape index (κ2) is 6.09. The molecule has 1 saturated heterocycles. The Kier molecular flexibility index (Phi) is 4.47. The smallest absolute Gasteiger partial charge is 0.271 e. The molecule has 1 fully saturated rings. The Balaban J connectivity index is 1.99. The Morgan fingerprint density at radius 3 is 2.83 bits per heavy atom. The second-order valence-electron chi connectivity index (χ2n) is 4.69. The SMILES string of the molecule is Cc1ccc([N+](=O)[O-])cc1NCC1CCSCC1. The van der Waals surface area contributed by atoms with E-state index in [0.717, 1.165) is 17.8 Å². The van der Waals surface area contributed by atoms with Gasteiger partial charge in [0.25, 0.3) is 5.69 Å². The average Bonchev–Trinajstić information content (AvgIpc) is 2.38. The van der Waals surface area contributed by atoms with Crippen LogP contribution in [-0.4, -0.2) is 23.0 Å². The lowest BCUT2D eigenvalue weighted by molar-refractivity contribution is -0.384. The molecule has 1 aromatic carbocycles. The third kappa shape index (κ3) is 3.38. The number of nitrogens with zero attached hydrogens (tertiary/aromatic N) is 1. The van der Waals surface area contributed by atoms with E-state index in [9.17, 15) is 10.1 Å². The number of nitrogens with one attached hydrogen (secondary N) is 1. The van der Waals surface area contributed by atoms with Crippen molar-refractivity contribution in [3.8, 4) is 0 Å². The van der Waals surface area contributed by atoms with Crippen LogP contribution in [0, 0.1) is 23.0 Å². The summed E-state index contributed by atoms with van der Waals surface area (Å²) in [5, 5.41) is 14.1. The van der Waals surface area contributed by atoms with Gasteiger partial charge in [0.05, 0.1) is 4.92 Å². The first-order valence-electron chi connectivity index (χ1n) is 6.23. The average molecular weight is 266 g/mol. The molecule has 0 aliphatic carbocycles. The van der Waals surface area contributed by atoms with Crippen LogP contribution in [0.25, 0.3) is 0 Å². The summed E-state index contributed by atoms with van der Waals surface area (Å²) < 4.78 is 0. The molecule has 0 radical (unpaired) electrons. The van der Waals surface area contributed by atoms with E-state index >= 15 is 0 Å². The van der Waals surface area contributed by atoms with E-state index in [-0.39, 0.29) is 10.6 Å². The van der Waals surface area contributed by atoms with Crippen LogP contribution in [0.4, 0.5) is 11.4 Å². The molecule has 1 N–H and O–H groups in total. The van der Waals surface area contributed by atoms with Crippen molar-refractivity contribution in [1.29, 1.82) is 0 Å². The molecule has 5 heteroatoms. The van der Waals surface area contributed by atoms with Crippen molar-refractivity contribution in [3.63, 3.8) is 0 Å². The Hall–Kier alpha value is -1.23. The summed E-state index contributed by atoms with van der Waals surface area (Å²) in [6, 6.07) is 4.99. The molecule has 0 saturated carbocycles. The maximum Gasteiger partial charge on any atom is 0.271 e. The van der Waals surface area contributed by atoms with Crippen molar-refractivity contribution >= 4 is 23.1 Å². The maximum absolute atomic E-state index is 10.7. The normalized spacial score (nSPS) is 16.5. The number of thioether (sulfide) groups is 1. The predicted octanol–water partition coefficient (Wildman–Crippen LogP) is 3.46. The van der Waals surface area contributed by atoms with Crippen molar-refractivity contribution < 1.29 is 4.92 Å². The van der Waals surface area contributed by atoms with E-state index < -0.39 is 0 Å². The number of benzene rings is 1. The largest absolute Gasteiger partial charge is 0.384 e. The maximum atomic E-state index is 10.7. The van der Waals surface area contributed by atoms with E-state index in [1.165, 1.54) is 24.3 Å². The minimum Gasteiger partial charge on any atom is -0.384 e. The lowest BCUT2D eigenvalue weighted by atomic mass is 10.0. The van der Waals surface area contributed by atoms with Crippen LogP contribution in [-0.2, 0) is 0 Å². The van der Waals surface area contributed by atoms with Crippen molar-refractivity contribution in [1.82, 2.24) is 0 Å². The highest BCUT2D eigenvalue weighted by Crippen LogP contribution is 2.25. The van der Waals surface area contributed by atoms with Gasteiger partial charge in [-0.2, -0.15) is 11.8 Å². The zero-order valence-corrected chi connectivity index (χ0v) is 11.3. The fourth-order valence-electron chi connectivity index (χ4n) is 2.12. The Morgan fingerprint density at radius 1 is 1.44 bits per heavy atom. The molecule has 0 spiro atoms. The first-order valence-corrected chi connectivity index (χ1v) is 7.39. The molecule has 0 bridgehead atoms. The topological polar surface area (TPSA) is 55.2 Å². The van der Waals surface area contributed by atoms with Crippen LogP contribution in [0.1, 0.15) is 18.4 Å². The number of aryl methyl sites for hydroxylation is 1. The number of nitro benzene ring substituents is 1. The van der Waals surface area contributed by atoms with Crippen molar-refractivity contribution in [3.05, 3.63) is 33.9 Å². The van der Waals surface area contributed by atoms with Gasteiger partial charge in [0.2, 0.25) is 0 Å². The van der Waals surface area contributed by atoms with Crippen LogP contribution in [0.3, 0.4) is 0 Å².